The van der Waals surface area contributed by atoms with Crippen LogP contribution in [0.1, 0.15) is 0 Å². The first-order valence-corrected chi connectivity index (χ1v) is 6.43. The van der Waals surface area contributed by atoms with E-state index in [-0.39, 0.29) is 0 Å². The maximum atomic E-state index is 12.1. The molecule has 0 aliphatic carbocycles. The number of hydrogen-bond acceptors (Lipinski definition) is 3. The van der Waals surface area contributed by atoms with Crippen molar-refractivity contribution in [2.24, 2.45) is 0 Å². The molecule has 0 saturated heterocycles. The first-order valence-electron chi connectivity index (χ1n) is 6.06. The molecule has 0 amide bonds. The Balaban J connectivity index is 2.26. The van der Waals surface area contributed by atoms with Crippen LogP contribution in [0.15, 0.2) is 57.7 Å². The summed E-state index contributed by atoms with van der Waals surface area (Å²) in [5.74, 6) is 0.645. The fourth-order valence-corrected chi connectivity index (χ4v) is 2.32. The van der Waals surface area contributed by atoms with Crippen LogP contribution in [-0.4, -0.2) is 7.11 Å². The predicted octanol–water partition coefficient (Wildman–Crippen LogP) is 4.12. The molecular formula is C16H11ClO3. The van der Waals surface area contributed by atoms with Gasteiger partial charge in [-0.05, 0) is 24.3 Å². The van der Waals surface area contributed by atoms with Crippen molar-refractivity contribution in [2.75, 3.05) is 7.11 Å². The van der Waals surface area contributed by atoms with Crippen LogP contribution in [0.2, 0.25) is 5.02 Å². The number of ether oxygens (including phenoxy) is 1. The molecule has 0 aliphatic rings. The minimum Gasteiger partial charge on any atom is -0.497 e. The first-order chi connectivity index (χ1) is 9.69. The van der Waals surface area contributed by atoms with Gasteiger partial charge in [-0.3, -0.25) is 0 Å². The van der Waals surface area contributed by atoms with Crippen molar-refractivity contribution in [3.63, 3.8) is 0 Å². The van der Waals surface area contributed by atoms with E-state index in [9.17, 15) is 4.79 Å². The third kappa shape index (κ3) is 2.17. The molecule has 1 heterocycles. The fraction of sp³-hybridized carbons (Fsp3) is 0.0625. The van der Waals surface area contributed by atoms with E-state index < -0.39 is 5.63 Å². The highest BCUT2D eigenvalue weighted by Gasteiger charge is 2.11. The summed E-state index contributed by atoms with van der Waals surface area (Å²) in [4.78, 5) is 12.1. The standard InChI is InChI=1S/C16H11ClO3/c1-19-11-7-6-10-8-13(16(18)20-15(10)9-11)12-4-2-3-5-14(12)17/h2-9H,1H3. The van der Waals surface area contributed by atoms with Gasteiger partial charge in [0.15, 0.2) is 0 Å². The summed E-state index contributed by atoms with van der Waals surface area (Å²) >= 11 is 6.13. The lowest BCUT2D eigenvalue weighted by atomic mass is 10.1. The summed E-state index contributed by atoms with van der Waals surface area (Å²) < 4.78 is 10.5. The molecule has 0 saturated carbocycles. The molecule has 4 heteroatoms. The van der Waals surface area contributed by atoms with E-state index in [1.54, 1.807) is 31.4 Å². The highest BCUT2D eigenvalue weighted by Crippen LogP contribution is 2.28. The van der Waals surface area contributed by atoms with Crippen LogP contribution in [-0.2, 0) is 0 Å². The van der Waals surface area contributed by atoms with Gasteiger partial charge in [0.25, 0.3) is 0 Å². The van der Waals surface area contributed by atoms with Crippen LogP contribution >= 0.6 is 11.6 Å². The maximum Gasteiger partial charge on any atom is 0.344 e. The quantitative estimate of drug-likeness (QED) is 0.665. The molecule has 0 bridgehead atoms. The Morgan fingerprint density at radius 3 is 2.60 bits per heavy atom. The van der Waals surface area contributed by atoms with Gasteiger partial charge in [0.1, 0.15) is 11.3 Å². The van der Waals surface area contributed by atoms with Crippen molar-refractivity contribution >= 4 is 22.6 Å². The molecular weight excluding hydrogens is 276 g/mol. The van der Waals surface area contributed by atoms with Crippen molar-refractivity contribution in [1.82, 2.24) is 0 Å². The van der Waals surface area contributed by atoms with Crippen LogP contribution in [0, 0.1) is 0 Å². The number of methoxy groups -OCH3 is 1. The zero-order valence-electron chi connectivity index (χ0n) is 10.7. The van der Waals surface area contributed by atoms with Crippen LogP contribution in [0.4, 0.5) is 0 Å². The topological polar surface area (TPSA) is 39.4 Å². The van der Waals surface area contributed by atoms with Gasteiger partial charge < -0.3 is 9.15 Å². The summed E-state index contributed by atoms with van der Waals surface area (Å²) in [6.45, 7) is 0. The summed E-state index contributed by atoms with van der Waals surface area (Å²) in [5, 5.41) is 1.34. The molecule has 0 fully saturated rings. The lowest BCUT2D eigenvalue weighted by molar-refractivity contribution is 0.414. The van der Waals surface area contributed by atoms with Crippen LogP contribution in [0.5, 0.6) is 5.75 Å². The molecule has 20 heavy (non-hydrogen) atoms. The highest BCUT2D eigenvalue weighted by atomic mass is 35.5. The second kappa shape index (κ2) is 5.02. The van der Waals surface area contributed by atoms with Gasteiger partial charge in [-0.15, -0.1) is 0 Å². The minimum atomic E-state index is -0.418. The van der Waals surface area contributed by atoms with Crippen LogP contribution < -0.4 is 10.4 Å². The lowest BCUT2D eigenvalue weighted by Crippen LogP contribution is -2.03. The Hall–Kier alpha value is -2.26. The largest absolute Gasteiger partial charge is 0.497 e. The van der Waals surface area contributed by atoms with Gasteiger partial charge in [0, 0.05) is 22.0 Å². The van der Waals surface area contributed by atoms with E-state index >= 15 is 0 Å². The third-order valence-corrected chi connectivity index (χ3v) is 3.44. The van der Waals surface area contributed by atoms with Crippen molar-refractivity contribution in [1.29, 1.82) is 0 Å². The number of hydrogen-bond donors (Lipinski definition) is 0. The second-order valence-corrected chi connectivity index (χ2v) is 4.74. The smallest absolute Gasteiger partial charge is 0.344 e. The number of benzene rings is 2. The van der Waals surface area contributed by atoms with Crippen molar-refractivity contribution in [2.45, 2.75) is 0 Å². The summed E-state index contributed by atoms with van der Waals surface area (Å²) in [5.41, 5.74) is 1.19. The molecule has 100 valence electrons. The van der Waals surface area contributed by atoms with Gasteiger partial charge >= 0.3 is 5.63 Å². The molecule has 2 aromatic carbocycles. The Labute approximate surface area is 120 Å². The zero-order valence-corrected chi connectivity index (χ0v) is 11.5. The third-order valence-electron chi connectivity index (χ3n) is 3.11. The Kier molecular flexibility index (Phi) is 3.20. The molecule has 0 N–H and O–H groups in total. The van der Waals surface area contributed by atoms with Crippen molar-refractivity contribution < 1.29 is 9.15 Å². The molecule has 3 aromatic rings. The van der Waals surface area contributed by atoms with Gasteiger partial charge in [-0.2, -0.15) is 0 Å². The Morgan fingerprint density at radius 2 is 1.85 bits per heavy atom. The van der Waals surface area contributed by atoms with E-state index in [1.807, 2.05) is 24.3 Å². The first kappa shape index (κ1) is 12.8. The van der Waals surface area contributed by atoms with Crippen LogP contribution in [0.25, 0.3) is 22.1 Å². The average Bonchev–Trinajstić information content (AvgIpc) is 2.47. The predicted molar refractivity (Wildman–Crippen MR) is 79.5 cm³/mol. The van der Waals surface area contributed by atoms with Crippen molar-refractivity contribution in [3.8, 4) is 16.9 Å². The lowest BCUT2D eigenvalue weighted by Gasteiger charge is -2.05. The molecule has 0 unspecified atom stereocenters. The molecule has 1 aromatic heterocycles. The maximum absolute atomic E-state index is 12.1. The SMILES string of the molecule is COc1ccc2cc(-c3ccccc3Cl)c(=O)oc2c1. The number of rotatable bonds is 2. The Morgan fingerprint density at radius 1 is 1.05 bits per heavy atom. The van der Waals surface area contributed by atoms with Gasteiger partial charge in [0.2, 0.25) is 0 Å². The Bertz CT molecular complexity index is 836. The van der Waals surface area contributed by atoms with Gasteiger partial charge in [0.05, 0.1) is 12.7 Å². The van der Waals surface area contributed by atoms with Gasteiger partial charge in [-0.1, -0.05) is 29.8 Å². The average molecular weight is 287 g/mol. The second-order valence-electron chi connectivity index (χ2n) is 4.33. The fourth-order valence-electron chi connectivity index (χ4n) is 2.09. The molecule has 3 rings (SSSR count). The molecule has 0 radical (unpaired) electrons. The van der Waals surface area contributed by atoms with E-state index in [2.05, 4.69) is 0 Å². The minimum absolute atomic E-state index is 0.418. The number of fused-ring (bicyclic) bond motifs is 1. The summed E-state index contributed by atoms with van der Waals surface area (Å²) in [6.07, 6.45) is 0. The van der Waals surface area contributed by atoms with Gasteiger partial charge in [-0.25, -0.2) is 4.79 Å². The highest BCUT2D eigenvalue weighted by molar-refractivity contribution is 6.33. The van der Waals surface area contributed by atoms with Crippen LogP contribution in [0.3, 0.4) is 0 Å². The van der Waals surface area contributed by atoms with E-state index in [0.717, 1.165) is 5.39 Å². The normalized spacial score (nSPS) is 10.7. The molecule has 3 nitrogen and oxygen atoms in total. The monoisotopic (exact) mass is 286 g/mol. The zero-order chi connectivity index (χ0) is 14.1. The molecule has 0 spiro atoms. The molecule has 0 atom stereocenters. The van der Waals surface area contributed by atoms with E-state index in [0.29, 0.717) is 27.5 Å². The number of halogens is 1. The molecule has 0 aliphatic heterocycles. The summed E-state index contributed by atoms with van der Waals surface area (Å²) in [6, 6.07) is 14.3. The van der Waals surface area contributed by atoms with Crippen molar-refractivity contribution in [3.05, 3.63) is 64.0 Å². The van der Waals surface area contributed by atoms with E-state index in [1.165, 1.54) is 0 Å². The summed E-state index contributed by atoms with van der Waals surface area (Å²) in [7, 11) is 1.57. The van der Waals surface area contributed by atoms with E-state index in [4.69, 9.17) is 20.8 Å².